The molecule has 0 amide bonds. The number of ether oxygens (including phenoxy) is 2. The van der Waals surface area contributed by atoms with E-state index in [0.29, 0.717) is 19.8 Å². The van der Waals surface area contributed by atoms with Crippen LogP contribution in [0.25, 0.3) is 0 Å². The van der Waals surface area contributed by atoms with Crippen LogP contribution >= 0.6 is 0 Å². The maximum absolute atomic E-state index is 5.98. The molecular weight excluding hydrogens is 376 g/mol. The summed E-state index contributed by atoms with van der Waals surface area (Å²) in [6.45, 7) is 9.93. The number of aliphatic imine (C=N–C) groups is 1. The molecule has 170 valence electrons. The molecule has 1 unspecified atom stereocenters. The van der Waals surface area contributed by atoms with Gasteiger partial charge in [0.2, 0.25) is 0 Å². The molecular formula is C24H42N4O2. The van der Waals surface area contributed by atoms with Crippen molar-refractivity contribution in [1.29, 1.82) is 0 Å². The third-order valence-corrected chi connectivity index (χ3v) is 5.75. The monoisotopic (exact) mass is 418 g/mol. The zero-order valence-corrected chi connectivity index (χ0v) is 19.5. The van der Waals surface area contributed by atoms with Crippen molar-refractivity contribution in [3.63, 3.8) is 0 Å². The molecule has 2 rings (SSSR count). The topological polar surface area (TPSA) is 58.1 Å². The molecule has 30 heavy (non-hydrogen) atoms. The van der Waals surface area contributed by atoms with Crippen molar-refractivity contribution in [3.05, 3.63) is 29.3 Å². The van der Waals surface area contributed by atoms with Gasteiger partial charge in [-0.15, -0.1) is 0 Å². The molecule has 6 heteroatoms. The van der Waals surface area contributed by atoms with Gasteiger partial charge in [-0.2, -0.15) is 0 Å². The summed E-state index contributed by atoms with van der Waals surface area (Å²) in [4.78, 5) is 7.00. The molecule has 0 aliphatic carbocycles. The number of nitrogens with one attached hydrogen (secondary N) is 2. The van der Waals surface area contributed by atoms with Gasteiger partial charge in [0, 0.05) is 51.9 Å². The van der Waals surface area contributed by atoms with Crippen LogP contribution in [-0.2, 0) is 11.3 Å². The van der Waals surface area contributed by atoms with E-state index in [1.54, 1.807) is 7.11 Å². The normalized spacial score (nSPS) is 17.7. The fourth-order valence-electron chi connectivity index (χ4n) is 3.86. The van der Waals surface area contributed by atoms with E-state index < -0.39 is 0 Å². The molecule has 0 radical (unpaired) electrons. The Morgan fingerprint density at radius 1 is 1.17 bits per heavy atom. The van der Waals surface area contributed by atoms with Crippen molar-refractivity contribution in [1.82, 2.24) is 15.5 Å². The molecule has 0 bridgehead atoms. The highest BCUT2D eigenvalue weighted by Crippen LogP contribution is 2.20. The van der Waals surface area contributed by atoms with Gasteiger partial charge in [0.1, 0.15) is 5.75 Å². The van der Waals surface area contributed by atoms with Crippen LogP contribution in [0.4, 0.5) is 0 Å². The highest BCUT2D eigenvalue weighted by molar-refractivity contribution is 5.79. The summed E-state index contributed by atoms with van der Waals surface area (Å²) in [5.41, 5.74) is 2.34. The molecule has 1 aromatic carbocycles. The summed E-state index contributed by atoms with van der Waals surface area (Å²) >= 11 is 0. The first-order chi connectivity index (χ1) is 14.6. The highest BCUT2D eigenvalue weighted by Gasteiger charge is 2.17. The third-order valence-electron chi connectivity index (χ3n) is 5.75. The van der Waals surface area contributed by atoms with Crippen LogP contribution < -0.4 is 15.4 Å². The minimum absolute atomic E-state index is 0.660. The lowest BCUT2D eigenvalue weighted by atomic mass is 10.0. The molecule has 1 saturated heterocycles. The van der Waals surface area contributed by atoms with Crippen molar-refractivity contribution in [2.75, 3.05) is 47.0 Å². The van der Waals surface area contributed by atoms with Crippen molar-refractivity contribution in [2.24, 2.45) is 4.99 Å². The van der Waals surface area contributed by atoms with Crippen LogP contribution in [0.15, 0.2) is 23.2 Å². The Hall–Kier alpha value is -1.79. The second-order valence-electron chi connectivity index (χ2n) is 8.25. The first-order valence-electron chi connectivity index (χ1n) is 11.5. The number of nitrogens with zero attached hydrogens (tertiary/aromatic N) is 2. The number of guanidine groups is 1. The lowest BCUT2D eigenvalue weighted by molar-refractivity contribution is 0.158. The Balaban J connectivity index is 1.70. The fourth-order valence-corrected chi connectivity index (χ4v) is 3.86. The molecule has 1 aliphatic rings. The Bertz CT molecular complexity index is 636. The van der Waals surface area contributed by atoms with Crippen molar-refractivity contribution in [3.8, 4) is 5.75 Å². The van der Waals surface area contributed by atoms with Gasteiger partial charge in [0.25, 0.3) is 0 Å². The van der Waals surface area contributed by atoms with Gasteiger partial charge >= 0.3 is 0 Å². The van der Waals surface area contributed by atoms with Gasteiger partial charge < -0.3 is 25.0 Å². The van der Waals surface area contributed by atoms with Crippen LogP contribution in [0.3, 0.4) is 0 Å². The van der Waals surface area contributed by atoms with E-state index in [-0.39, 0.29) is 0 Å². The van der Waals surface area contributed by atoms with Crippen LogP contribution in [0.1, 0.15) is 56.6 Å². The smallest absolute Gasteiger partial charge is 0.191 e. The van der Waals surface area contributed by atoms with E-state index in [1.165, 1.54) is 44.3 Å². The van der Waals surface area contributed by atoms with Crippen molar-refractivity contribution < 1.29 is 9.47 Å². The first kappa shape index (κ1) is 24.5. The van der Waals surface area contributed by atoms with Crippen LogP contribution in [-0.4, -0.2) is 63.9 Å². The summed E-state index contributed by atoms with van der Waals surface area (Å²) in [5.74, 6) is 1.77. The second-order valence-corrected chi connectivity index (χ2v) is 8.25. The van der Waals surface area contributed by atoms with Crippen molar-refractivity contribution in [2.45, 2.75) is 65.0 Å². The predicted octanol–water partition coefficient (Wildman–Crippen LogP) is 3.73. The third kappa shape index (κ3) is 8.92. The molecule has 0 spiro atoms. The molecule has 1 fully saturated rings. The number of likely N-dealkylation sites (tertiary alicyclic amines) is 1. The Morgan fingerprint density at radius 3 is 2.80 bits per heavy atom. The van der Waals surface area contributed by atoms with E-state index >= 15 is 0 Å². The molecule has 0 saturated carbocycles. The largest absolute Gasteiger partial charge is 0.493 e. The number of hydrogen-bond donors (Lipinski definition) is 2. The molecule has 2 N–H and O–H groups in total. The van der Waals surface area contributed by atoms with Gasteiger partial charge in [0.15, 0.2) is 5.96 Å². The standard InChI is InChI=1S/C24H42N4O2/c1-20-11-12-22(23(18-20)30-17-9-16-29-4)19-27-24(25-3)26-13-6-8-15-28-14-7-5-10-21(28)2/h11-12,18,21H,5-10,13-17,19H2,1-4H3,(H2,25,26,27). The van der Waals surface area contributed by atoms with Gasteiger partial charge in [0.05, 0.1) is 6.61 Å². The average Bonchev–Trinajstić information content (AvgIpc) is 2.75. The summed E-state index contributed by atoms with van der Waals surface area (Å²) in [6, 6.07) is 7.10. The van der Waals surface area contributed by atoms with Crippen LogP contribution in [0.2, 0.25) is 0 Å². The van der Waals surface area contributed by atoms with Gasteiger partial charge in [-0.1, -0.05) is 18.6 Å². The lowest BCUT2D eigenvalue weighted by Crippen LogP contribution is -2.39. The quantitative estimate of drug-likeness (QED) is 0.308. The Labute approximate surface area is 183 Å². The maximum Gasteiger partial charge on any atom is 0.191 e. The Morgan fingerprint density at radius 2 is 2.03 bits per heavy atom. The number of aryl methyl sites for hydroxylation is 1. The van der Waals surface area contributed by atoms with Crippen molar-refractivity contribution >= 4 is 5.96 Å². The zero-order valence-electron chi connectivity index (χ0n) is 19.5. The number of methoxy groups -OCH3 is 1. The average molecular weight is 419 g/mol. The molecule has 1 atom stereocenters. The number of benzene rings is 1. The molecule has 1 aromatic rings. The molecule has 1 heterocycles. The van der Waals surface area contributed by atoms with Crippen LogP contribution in [0.5, 0.6) is 5.75 Å². The number of unbranched alkanes of at least 4 members (excludes halogenated alkanes) is 1. The van der Waals surface area contributed by atoms with Gasteiger partial charge in [-0.3, -0.25) is 4.99 Å². The molecule has 1 aliphatic heterocycles. The van der Waals surface area contributed by atoms with E-state index in [2.05, 4.69) is 52.6 Å². The first-order valence-corrected chi connectivity index (χ1v) is 11.5. The molecule has 6 nitrogen and oxygen atoms in total. The zero-order chi connectivity index (χ0) is 21.6. The van der Waals surface area contributed by atoms with E-state index in [9.17, 15) is 0 Å². The summed E-state index contributed by atoms with van der Waals surface area (Å²) < 4.78 is 11.1. The SMILES string of the molecule is CN=C(NCCCCN1CCCCC1C)NCc1ccc(C)cc1OCCCOC. The minimum Gasteiger partial charge on any atom is -0.493 e. The fraction of sp³-hybridized carbons (Fsp3) is 0.708. The van der Waals surface area contributed by atoms with E-state index in [1.807, 2.05) is 7.05 Å². The second kappa shape index (κ2) is 14.3. The minimum atomic E-state index is 0.660. The molecule has 0 aromatic heterocycles. The summed E-state index contributed by atoms with van der Waals surface area (Å²) in [6.07, 6.45) is 7.37. The van der Waals surface area contributed by atoms with Gasteiger partial charge in [-0.25, -0.2) is 0 Å². The highest BCUT2D eigenvalue weighted by atomic mass is 16.5. The van der Waals surface area contributed by atoms with E-state index in [0.717, 1.165) is 42.7 Å². The Kier molecular flexibility index (Phi) is 11.6. The van der Waals surface area contributed by atoms with Crippen LogP contribution in [0, 0.1) is 6.92 Å². The number of hydrogen-bond acceptors (Lipinski definition) is 4. The summed E-state index contributed by atoms with van der Waals surface area (Å²) in [5, 5.41) is 6.86. The lowest BCUT2D eigenvalue weighted by Gasteiger charge is -2.33. The van der Waals surface area contributed by atoms with Gasteiger partial charge in [-0.05, 0) is 64.3 Å². The summed E-state index contributed by atoms with van der Waals surface area (Å²) in [7, 11) is 3.54. The maximum atomic E-state index is 5.98. The predicted molar refractivity (Wildman–Crippen MR) is 125 cm³/mol. The van der Waals surface area contributed by atoms with E-state index in [4.69, 9.17) is 9.47 Å². The number of piperidine rings is 1. The number of rotatable bonds is 12.